The molecule has 0 saturated heterocycles. The molecule has 3 aliphatic carbocycles. The molecule has 2 bridgehead atoms. The number of aliphatic carboxylic acids is 1. The summed E-state index contributed by atoms with van der Waals surface area (Å²) < 4.78 is 0. The van der Waals surface area contributed by atoms with Gasteiger partial charge in [-0.15, -0.1) is 0 Å². The topological polar surface area (TPSA) is 57.6 Å². The normalized spacial score (nSPS) is 39.1. The van der Waals surface area contributed by atoms with Gasteiger partial charge in [0.25, 0.3) is 0 Å². The van der Waals surface area contributed by atoms with Crippen LogP contribution in [-0.4, -0.2) is 35.5 Å². The summed E-state index contributed by atoms with van der Waals surface area (Å²) in [4.78, 5) is 25.3. The Hall–Kier alpha value is -1.06. The van der Waals surface area contributed by atoms with E-state index in [9.17, 15) is 9.59 Å². The van der Waals surface area contributed by atoms with E-state index in [0.29, 0.717) is 18.8 Å². The van der Waals surface area contributed by atoms with Crippen molar-refractivity contribution in [1.29, 1.82) is 0 Å². The molecule has 0 aromatic rings. The van der Waals surface area contributed by atoms with Crippen LogP contribution in [0.5, 0.6) is 0 Å². The quantitative estimate of drug-likeness (QED) is 0.859. The zero-order valence-corrected chi connectivity index (χ0v) is 12.3. The van der Waals surface area contributed by atoms with Crippen LogP contribution in [0.1, 0.15) is 44.9 Å². The smallest absolute Gasteiger partial charge is 0.306 e. The van der Waals surface area contributed by atoms with Crippen molar-refractivity contribution in [3.63, 3.8) is 0 Å². The maximum atomic E-state index is 12.4. The fourth-order valence-corrected chi connectivity index (χ4v) is 4.78. The minimum atomic E-state index is -0.740. The standard InChI is InChI=1S/C16H25NO3/c1-17(9-14-7-10-2-3-11(14)6-10)15(18)12-4-5-13(8-12)16(19)20/h10-14H,2-9H2,1H3,(H,19,20). The van der Waals surface area contributed by atoms with Crippen molar-refractivity contribution in [3.05, 3.63) is 0 Å². The third kappa shape index (κ3) is 2.57. The van der Waals surface area contributed by atoms with E-state index in [4.69, 9.17) is 5.11 Å². The second-order valence-corrected chi connectivity index (χ2v) is 7.20. The van der Waals surface area contributed by atoms with Crippen LogP contribution in [-0.2, 0) is 9.59 Å². The van der Waals surface area contributed by atoms with Crippen LogP contribution in [0, 0.1) is 29.6 Å². The highest BCUT2D eigenvalue weighted by atomic mass is 16.4. The summed E-state index contributed by atoms with van der Waals surface area (Å²) in [6.07, 6.45) is 7.35. The Kier molecular flexibility index (Phi) is 3.74. The van der Waals surface area contributed by atoms with E-state index in [1.807, 2.05) is 11.9 Å². The molecule has 0 spiro atoms. The molecular weight excluding hydrogens is 254 g/mol. The highest BCUT2D eigenvalue weighted by Gasteiger charge is 2.41. The molecule has 0 aromatic heterocycles. The summed E-state index contributed by atoms with van der Waals surface area (Å²) in [6.45, 7) is 0.883. The number of hydrogen-bond acceptors (Lipinski definition) is 2. The Morgan fingerprint density at radius 3 is 2.35 bits per heavy atom. The number of amides is 1. The molecular formula is C16H25NO3. The molecule has 20 heavy (non-hydrogen) atoms. The predicted molar refractivity (Wildman–Crippen MR) is 75.0 cm³/mol. The molecule has 3 rings (SSSR count). The molecule has 3 aliphatic rings. The van der Waals surface area contributed by atoms with Gasteiger partial charge in [-0.3, -0.25) is 9.59 Å². The number of nitrogens with zero attached hydrogens (tertiary/aromatic N) is 1. The predicted octanol–water partition coefficient (Wildman–Crippen LogP) is 2.38. The highest BCUT2D eigenvalue weighted by Crippen LogP contribution is 2.48. The summed E-state index contributed by atoms with van der Waals surface area (Å²) in [5, 5.41) is 9.03. The van der Waals surface area contributed by atoms with Gasteiger partial charge in [-0.2, -0.15) is 0 Å². The molecule has 1 N–H and O–H groups in total. The fraction of sp³-hybridized carbons (Fsp3) is 0.875. The molecule has 4 nitrogen and oxygen atoms in total. The van der Waals surface area contributed by atoms with Crippen molar-refractivity contribution in [3.8, 4) is 0 Å². The van der Waals surface area contributed by atoms with E-state index in [1.165, 1.54) is 25.7 Å². The summed E-state index contributed by atoms with van der Waals surface area (Å²) in [5.41, 5.74) is 0. The number of carbonyl (C=O) groups is 2. The van der Waals surface area contributed by atoms with Gasteiger partial charge < -0.3 is 10.0 Å². The van der Waals surface area contributed by atoms with E-state index in [2.05, 4.69) is 0 Å². The Morgan fingerprint density at radius 2 is 1.80 bits per heavy atom. The lowest BCUT2D eigenvalue weighted by atomic mass is 9.88. The summed E-state index contributed by atoms with van der Waals surface area (Å²) in [7, 11) is 1.91. The molecule has 4 heteroatoms. The molecule has 5 atom stereocenters. The van der Waals surface area contributed by atoms with Gasteiger partial charge in [-0.25, -0.2) is 0 Å². The first kappa shape index (κ1) is 13.9. The van der Waals surface area contributed by atoms with Gasteiger partial charge in [-0.1, -0.05) is 6.42 Å². The highest BCUT2D eigenvalue weighted by molar-refractivity contribution is 5.80. The zero-order valence-electron chi connectivity index (χ0n) is 12.3. The first-order valence-corrected chi connectivity index (χ1v) is 8.02. The second-order valence-electron chi connectivity index (χ2n) is 7.20. The lowest BCUT2D eigenvalue weighted by Gasteiger charge is -2.28. The maximum absolute atomic E-state index is 12.4. The maximum Gasteiger partial charge on any atom is 0.306 e. The minimum Gasteiger partial charge on any atom is -0.481 e. The minimum absolute atomic E-state index is 0.0558. The van der Waals surface area contributed by atoms with Crippen LogP contribution in [0.2, 0.25) is 0 Å². The Balaban J connectivity index is 1.51. The van der Waals surface area contributed by atoms with Crippen LogP contribution < -0.4 is 0 Å². The number of carboxylic acid groups (broad SMARTS) is 1. The zero-order chi connectivity index (χ0) is 14.3. The van der Waals surface area contributed by atoms with Crippen molar-refractivity contribution in [2.24, 2.45) is 29.6 Å². The average molecular weight is 279 g/mol. The van der Waals surface area contributed by atoms with Crippen molar-refractivity contribution in [1.82, 2.24) is 4.90 Å². The Morgan fingerprint density at radius 1 is 1.05 bits per heavy atom. The van der Waals surface area contributed by atoms with Crippen molar-refractivity contribution >= 4 is 11.9 Å². The van der Waals surface area contributed by atoms with Crippen LogP contribution in [0.3, 0.4) is 0 Å². The van der Waals surface area contributed by atoms with Crippen LogP contribution in [0.4, 0.5) is 0 Å². The van der Waals surface area contributed by atoms with Gasteiger partial charge in [0.2, 0.25) is 5.91 Å². The van der Waals surface area contributed by atoms with Crippen LogP contribution in [0.25, 0.3) is 0 Å². The van der Waals surface area contributed by atoms with E-state index in [1.54, 1.807) is 0 Å². The van der Waals surface area contributed by atoms with E-state index in [-0.39, 0.29) is 17.7 Å². The monoisotopic (exact) mass is 279 g/mol. The number of rotatable bonds is 4. The van der Waals surface area contributed by atoms with E-state index < -0.39 is 5.97 Å². The average Bonchev–Trinajstić information content (AvgIpc) is 3.13. The molecule has 3 saturated carbocycles. The Labute approximate surface area is 120 Å². The molecule has 3 fully saturated rings. The molecule has 0 aliphatic heterocycles. The largest absolute Gasteiger partial charge is 0.481 e. The lowest BCUT2D eigenvalue weighted by Crippen LogP contribution is -2.37. The second kappa shape index (κ2) is 5.38. The lowest BCUT2D eigenvalue weighted by molar-refractivity contribution is -0.141. The van der Waals surface area contributed by atoms with E-state index >= 15 is 0 Å². The number of hydrogen-bond donors (Lipinski definition) is 1. The molecule has 0 radical (unpaired) electrons. The number of fused-ring (bicyclic) bond motifs is 2. The third-order valence-corrected chi connectivity index (χ3v) is 5.90. The number of carboxylic acids is 1. The van der Waals surface area contributed by atoms with Gasteiger partial charge in [0.1, 0.15) is 0 Å². The van der Waals surface area contributed by atoms with Crippen LogP contribution in [0.15, 0.2) is 0 Å². The first-order chi connectivity index (χ1) is 9.54. The van der Waals surface area contributed by atoms with Gasteiger partial charge >= 0.3 is 5.97 Å². The summed E-state index contributed by atoms with van der Waals surface area (Å²) in [5.74, 6) is 1.52. The van der Waals surface area contributed by atoms with Gasteiger partial charge in [0.15, 0.2) is 0 Å². The van der Waals surface area contributed by atoms with Crippen molar-refractivity contribution in [2.45, 2.75) is 44.9 Å². The van der Waals surface area contributed by atoms with E-state index in [0.717, 1.165) is 24.8 Å². The number of carbonyl (C=O) groups excluding carboxylic acids is 1. The SMILES string of the molecule is CN(CC1CC2CCC1C2)C(=O)C1CCC(C(=O)O)C1. The molecule has 112 valence electrons. The van der Waals surface area contributed by atoms with Gasteiger partial charge in [0.05, 0.1) is 5.92 Å². The molecule has 0 heterocycles. The van der Waals surface area contributed by atoms with Crippen molar-refractivity contribution < 1.29 is 14.7 Å². The Bertz CT molecular complexity index is 409. The molecule has 0 aromatic carbocycles. The third-order valence-electron chi connectivity index (χ3n) is 5.90. The summed E-state index contributed by atoms with van der Waals surface area (Å²) >= 11 is 0. The summed E-state index contributed by atoms with van der Waals surface area (Å²) in [6, 6.07) is 0. The molecule has 1 amide bonds. The molecule has 5 unspecified atom stereocenters. The van der Waals surface area contributed by atoms with Gasteiger partial charge in [0, 0.05) is 19.5 Å². The first-order valence-electron chi connectivity index (χ1n) is 8.02. The van der Waals surface area contributed by atoms with Crippen LogP contribution >= 0.6 is 0 Å². The van der Waals surface area contributed by atoms with Gasteiger partial charge in [-0.05, 0) is 56.3 Å². The fourth-order valence-electron chi connectivity index (χ4n) is 4.78. The van der Waals surface area contributed by atoms with Crippen molar-refractivity contribution in [2.75, 3.05) is 13.6 Å².